The van der Waals surface area contributed by atoms with Crippen molar-refractivity contribution in [2.75, 3.05) is 31.5 Å². The molecule has 4 rings (SSSR count). The molecule has 2 amide bonds. The van der Waals surface area contributed by atoms with Gasteiger partial charge in [-0.2, -0.15) is 0 Å². The van der Waals surface area contributed by atoms with Crippen molar-refractivity contribution in [2.24, 2.45) is 11.8 Å². The number of halogens is 1. The number of carbonyl (C=O) groups is 2. The molecule has 0 aliphatic carbocycles. The minimum atomic E-state index is -0.153. The molecule has 2 aliphatic heterocycles. The van der Waals surface area contributed by atoms with Gasteiger partial charge in [-0.05, 0) is 48.2 Å². The Kier molecular flexibility index (Phi) is 5.59. The third kappa shape index (κ3) is 3.74. The van der Waals surface area contributed by atoms with Crippen LogP contribution in [0.5, 0.6) is 0 Å². The van der Waals surface area contributed by atoms with Crippen molar-refractivity contribution in [3.8, 4) is 0 Å². The molecular formula is C20H22ClN3O2. The van der Waals surface area contributed by atoms with Gasteiger partial charge < -0.3 is 15.5 Å². The van der Waals surface area contributed by atoms with E-state index in [4.69, 9.17) is 0 Å². The number of rotatable bonds is 3. The number of likely N-dealkylation sites (tertiary alicyclic amines) is 1. The van der Waals surface area contributed by atoms with Gasteiger partial charge in [0.05, 0.1) is 0 Å². The van der Waals surface area contributed by atoms with Crippen molar-refractivity contribution < 1.29 is 9.59 Å². The lowest BCUT2D eigenvalue weighted by atomic mass is 10.0. The number of hydrogen-bond acceptors (Lipinski definition) is 3. The van der Waals surface area contributed by atoms with Crippen LogP contribution in [0.2, 0.25) is 0 Å². The fourth-order valence-electron chi connectivity index (χ4n) is 3.69. The average molecular weight is 372 g/mol. The number of hydrogen-bond donors (Lipinski definition) is 2. The molecule has 5 nitrogen and oxygen atoms in total. The first-order chi connectivity index (χ1) is 12.2. The van der Waals surface area contributed by atoms with Crippen LogP contribution in [0.15, 0.2) is 54.6 Å². The van der Waals surface area contributed by atoms with Crippen LogP contribution in [0, 0.1) is 11.8 Å². The quantitative estimate of drug-likeness (QED) is 0.872. The summed E-state index contributed by atoms with van der Waals surface area (Å²) in [6.45, 7) is 3.70. The Morgan fingerprint density at radius 3 is 2.12 bits per heavy atom. The number of anilines is 1. The maximum absolute atomic E-state index is 12.7. The zero-order valence-corrected chi connectivity index (χ0v) is 15.2. The van der Waals surface area contributed by atoms with Crippen molar-refractivity contribution in [1.82, 2.24) is 10.2 Å². The maximum Gasteiger partial charge on any atom is 0.255 e. The maximum atomic E-state index is 12.7. The molecule has 6 heteroatoms. The summed E-state index contributed by atoms with van der Waals surface area (Å²) in [5.41, 5.74) is 1.97. The second kappa shape index (κ2) is 7.89. The monoisotopic (exact) mass is 371 g/mol. The van der Waals surface area contributed by atoms with Crippen LogP contribution >= 0.6 is 12.4 Å². The van der Waals surface area contributed by atoms with Crippen molar-refractivity contribution >= 4 is 29.9 Å². The number of nitrogens with zero attached hydrogens (tertiary/aromatic N) is 1. The summed E-state index contributed by atoms with van der Waals surface area (Å²) in [6.07, 6.45) is 0. The highest BCUT2D eigenvalue weighted by Crippen LogP contribution is 2.27. The van der Waals surface area contributed by atoms with Gasteiger partial charge in [0.1, 0.15) is 0 Å². The van der Waals surface area contributed by atoms with E-state index < -0.39 is 0 Å². The van der Waals surface area contributed by atoms with Crippen LogP contribution in [-0.2, 0) is 0 Å². The number of benzene rings is 2. The van der Waals surface area contributed by atoms with Gasteiger partial charge in [-0.1, -0.05) is 18.2 Å². The van der Waals surface area contributed by atoms with Crippen molar-refractivity contribution in [2.45, 2.75) is 0 Å². The first-order valence-corrected chi connectivity index (χ1v) is 8.67. The minimum Gasteiger partial charge on any atom is -0.338 e. The molecule has 2 fully saturated rings. The average Bonchev–Trinajstić information content (AvgIpc) is 3.24. The Morgan fingerprint density at radius 2 is 1.50 bits per heavy atom. The Balaban J connectivity index is 0.00000196. The van der Waals surface area contributed by atoms with E-state index in [2.05, 4.69) is 10.6 Å². The Morgan fingerprint density at radius 1 is 0.885 bits per heavy atom. The molecule has 2 N–H and O–H groups in total. The van der Waals surface area contributed by atoms with Crippen LogP contribution in [0.1, 0.15) is 20.7 Å². The molecule has 0 saturated carbocycles. The van der Waals surface area contributed by atoms with Crippen LogP contribution in [0.4, 0.5) is 5.69 Å². The van der Waals surface area contributed by atoms with E-state index in [1.807, 2.05) is 23.1 Å². The Labute approximate surface area is 159 Å². The van der Waals surface area contributed by atoms with E-state index in [1.54, 1.807) is 36.4 Å². The van der Waals surface area contributed by atoms with Gasteiger partial charge in [-0.25, -0.2) is 0 Å². The molecular weight excluding hydrogens is 350 g/mol. The van der Waals surface area contributed by atoms with Gasteiger partial charge in [0.2, 0.25) is 0 Å². The smallest absolute Gasteiger partial charge is 0.255 e. The van der Waals surface area contributed by atoms with Gasteiger partial charge >= 0.3 is 0 Å². The molecule has 26 heavy (non-hydrogen) atoms. The van der Waals surface area contributed by atoms with Crippen molar-refractivity contribution in [1.29, 1.82) is 0 Å². The highest BCUT2D eigenvalue weighted by atomic mass is 35.5. The number of fused-ring (bicyclic) bond motifs is 1. The predicted molar refractivity (Wildman–Crippen MR) is 104 cm³/mol. The third-order valence-electron chi connectivity index (χ3n) is 5.10. The lowest BCUT2D eigenvalue weighted by Gasteiger charge is -2.17. The number of carbonyl (C=O) groups excluding carboxylic acids is 2. The predicted octanol–water partition coefficient (Wildman–Crippen LogP) is 2.65. The summed E-state index contributed by atoms with van der Waals surface area (Å²) in [4.78, 5) is 26.8. The summed E-state index contributed by atoms with van der Waals surface area (Å²) >= 11 is 0. The molecule has 136 valence electrons. The molecule has 2 saturated heterocycles. The van der Waals surface area contributed by atoms with Gasteiger partial charge in [0.25, 0.3) is 11.8 Å². The topological polar surface area (TPSA) is 61.4 Å². The molecule has 0 spiro atoms. The van der Waals surface area contributed by atoms with Gasteiger partial charge in [-0.15, -0.1) is 12.4 Å². The molecule has 0 radical (unpaired) electrons. The summed E-state index contributed by atoms with van der Waals surface area (Å²) in [5, 5.41) is 6.24. The van der Waals surface area contributed by atoms with Crippen LogP contribution in [0.25, 0.3) is 0 Å². The molecule has 0 aromatic heterocycles. The third-order valence-corrected chi connectivity index (χ3v) is 5.10. The second-order valence-electron chi connectivity index (χ2n) is 6.79. The van der Waals surface area contributed by atoms with Crippen molar-refractivity contribution in [3.63, 3.8) is 0 Å². The fourth-order valence-corrected chi connectivity index (χ4v) is 3.69. The minimum absolute atomic E-state index is 0. The largest absolute Gasteiger partial charge is 0.338 e. The van der Waals surface area contributed by atoms with Crippen molar-refractivity contribution in [3.05, 3.63) is 65.7 Å². The Bertz CT molecular complexity index is 767. The zero-order chi connectivity index (χ0) is 17.2. The highest BCUT2D eigenvalue weighted by molar-refractivity contribution is 6.04. The van der Waals surface area contributed by atoms with E-state index in [9.17, 15) is 9.59 Å². The van der Waals surface area contributed by atoms with Gasteiger partial charge in [0.15, 0.2) is 0 Å². The number of nitrogens with one attached hydrogen (secondary N) is 2. The number of amides is 2. The highest BCUT2D eigenvalue weighted by Gasteiger charge is 2.38. The van der Waals surface area contributed by atoms with Gasteiger partial charge in [0, 0.05) is 43.0 Å². The summed E-state index contributed by atoms with van der Waals surface area (Å²) < 4.78 is 0. The lowest BCUT2D eigenvalue weighted by Crippen LogP contribution is -2.31. The lowest BCUT2D eigenvalue weighted by molar-refractivity contribution is 0.0781. The molecule has 0 unspecified atom stereocenters. The van der Waals surface area contributed by atoms with E-state index in [0.717, 1.165) is 26.2 Å². The zero-order valence-electron chi connectivity index (χ0n) is 14.4. The summed E-state index contributed by atoms with van der Waals surface area (Å²) in [6, 6.07) is 16.2. The standard InChI is InChI=1S/C20H21N3O2.ClH/c24-19(14-4-2-1-3-5-14)22-18-8-6-15(7-9-18)20(25)23-12-16-10-21-11-17(16)13-23;/h1-9,16-17,21H,10-13H2,(H,22,24);1H/t16-,17+;. The van der Waals surface area contributed by atoms with E-state index in [0.29, 0.717) is 28.7 Å². The normalized spacial score (nSPS) is 21.0. The van der Waals surface area contributed by atoms with Gasteiger partial charge in [-0.3, -0.25) is 9.59 Å². The summed E-state index contributed by atoms with van der Waals surface area (Å²) in [7, 11) is 0. The second-order valence-corrected chi connectivity index (χ2v) is 6.79. The van der Waals surface area contributed by atoms with E-state index >= 15 is 0 Å². The first-order valence-electron chi connectivity index (χ1n) is 8.67. The van der Waals surface area contributed by atoms with E-state index in [-0.39, 0.29) is 24.2 Å². The molecule has 2 aromatic rings. The first kappa shape index (κ1) is 18.4. The Hall–Kier alpha value is -2.37. The fraction of sp³-hybridized carbons (Fsp3) is 0.300. The van der Waals surface area contributed by atoms with Crippen LogP contribution < -0.4 is 10.6 Å². The molecule has 2 atom stereocenters. The SMILES string of the molecule is Cl.O=C(Nc1ccc(C(=O)N2C[C@H]3CNC[C@H]3C2)cc1)c1ccccc1. The van der Waals surface area contributed by atoms with Crippen LogP contribution in [-0.4, -0.2) is 42.9 Å². The summed E-state index contributed by atoms with van der Waals surface area (Å²) in [5.74, 6) is 1.11. The molecule has 2 heterocycles. The van der Waals surface area contributed by atoms with Crippen LogP contribution in [0.3, 0.4) is 0 Å². The molecule has 2 aromatic carbocycles. The molecule has 2 aliphatic rings. The molecule has 0 bridgehead atoms. The van der Waals surface area contributed by atoms with E-state index in [1.165, 1.54) is 0 Å².